The summed E-state index contributed by atoms with van der Waals surface area (Å²) in [5, 5.41) is 3.55. The minimum atomic E-state index is 0.240. The number of nitrogen functional groups attached to an aromatic ring is 1. The third kappa shape index (κ3) is 3.48. The first-order valence-electron chi connectivity index (χ1n) is 6.75. The molecule has 0 amide bonds. The van der Waals surface area contributed by atoms with E-state index in [1.165, 1.54) is 13.0 Å². The standard InChI is InChI=1S/C13H22ClN5/c1-8(2)19-5-4-10(7-19)6-16-12-11(15)9(3)17-13(14)18-12/h8,10H,4-7,15H2,1-3H3,(H,16,17,18). The molecule has 0 radical (unpaired) electrons. The highest BCUT2D eigenvalue weighted by molar-refractivity contribution is 6.28. The number of nitrogens with two attached hydrogens (primary N) is 1. The Morgan fingerprint density at radius 1 is 1.47 bits per heavy atom. The van der Waals surface area contributed by atoms with Crippen molar-refractivity contribution in [1.82, 2.24) is 14.9 Å². The summed E-state index contributed by atoms with van der Waals surface area (Å²) < 4.78 is 0. The van der Waals surface area contributed by atoms with Crippen molar-refractivity contribution in [1.29, 1.82) is 0 Å². The van der Waals surface area contributed by atoms with E-state index in [1.807, 2.05) is 6.92 Å². The topological polar surface area (TPSA) is 67.1 Å². The van der Waals surface area contributed by atoms with E-state index in [9.17, 15) is 0 Å². The van der Waals surface area contributed by atoms with Crippen molar-refractivity contribution in [3.05, 3.63) is 11.0 Å². The summed E-state index contributed by atoms with van der Waals surface area (Å²) in [6.45, 7) is 9.48. The number of hydrogen-bond acceptors (Lipinski definition) is 5. The lowest BCUT2D eigenvalue weighted by Crippen LogP contribution is -2.29. The summed E-state index contributed by atoms with van der Waals surface area (Å²) in [6, 6.07) is 0.616. The molecule has 1 atom stereocenters. The van der Waals surface area contributed by atoms with Gasteiger partial charge in [-0.15, -0.1) is 0 Å². The van der Waals surface area contributed by atoms with Gasteiger partial charge in [0.05, 0.1) is 11.4 Å². The first-order chi connectivity index (χ1) is 8.97. The van der Waals surface area contributed by atoms with Crippen molar-refractivity contribution in [2.24, 2.45) is 5.92 Å². The lowest BCUT2D eigenvalue weighted by atomic mass is 10.1. The quantitative estimate of drug-likeness (QED) is 0.829. The van der Waals surface area contributed by atoms with Crippen LogP contribution < -0.4 is 11.1 Å². The van der Waals surface area contributed by atoms with Crippen LogP contribution in [-0.4, -0.2) is 40.5 Å². The van der Waals surface area contributed by atoms with Gasteiger partial charge in [-0.1, -0.05) is 0 Å². The molecule has 1 fully saturated rings. The van der Waals surface area contributed by atoms with Crippen molar-refractivity contribution in [3.8, 4) is 0 Å². The second-order valence-corrected chi connectivity index (χ2v) is 5.80. The van der Waals surface area contributed by atoms with E-state index in [0.717, 1.165) is 18.8 Å². The number of rotatable bonds is 4. The summed E-state index contributed by atoms with van der Waals surface area (Å²) in [6.07, 6.45) is 1.21. The van der Waals surface area contributed by atoms with E-state index in [1.54, 1.807) is 0 Å². The van der Waals surface area contributed by atoms with Crippen LogP contribution in [0.2, 0.25) is 5.28 Å². The zero-order chi connectivity index (χ0) is 14.0. The highest BCUT2D eigenvalue weighted by Crippen LogP contribution is 2.23. The summed E-state index contributed by atoms with van der Waals surface area (Å²) in [5.41, 5.74) is 7.26. The normalized spacial score (nSPS) is 20.2. The van der Waals surface area contributed by atoms with E-state index >= 15 is 0 Å². The number of halogens is 1. The van der Waals surface area contributed by atoms with E-state index < -0.39 is 0 Å². The van der Waals surface area contributed by atoms with Crippen LogP contribution in [0, 0.1) is 12.8 Å². The zero-order valence-electron chi connectivity index (χ0n) is 11.8. The molecule has 1 aromatic heterocycles. The number of nitrogens with one attached hydrogen (secondary N) is 1. The van der Waals surface area contributed by atoms with Gasteiger partial charge in [0.25, 0.3) is 0 Å². The molecule has 1 aromatic rings. The molecule has 2 rings (SSSR count). The Morgan fingerprint density at radius 2 is 2.21 bits per heavy atom. The Morgan fingerprint density at radius 3 is 2.84 bits per heavy atom. The van der Waals surface area contributed by atoms with E-state index in [0.29, 0.717) is 23.5 Å². The predicted molar refractivity (Wildman–Crippen MR) is 79.5 cm³/mol. The van der Waals surface area contributed by atoms with Crippen molar-refractivity contribution in [3.63, 3.8) is 0 Å². The molecule has 0 saturated carbocycles. The van der Waals surface area contributed by atoms with Crippen molar-refractivity contribution >= 4 is 23.1 Å². The summed E-state index contributed by atoms with van der Waals surface area (Å²) in [7, 11) is 0. The molecular formula is C13H22ClN5. The number of hydrogen-bond donors (Lipinski definition) is 2. The molecule has 1 aliphatic heterocycles. The summed E-state index contributed by atoms with van der Waals surface area (Å²) >= 11 is 5.86. The van der Waals surface area contributed by atoms with Gasteiger partial charge in [0.15, 0.2) is 5.82 Å². The Hall–Kier alpha value is -1.07. The minimum Gasteiger partial charge on any atom is -0.394 e. The molecule has 0 bridgehead atoms. The Kier molecular flexibility index (Phi) is 4.47. The fourth-order valence-electron chi connectivity index (χ4n) is 2.42. The van der Waals surface area contributed by atoms with Gasteiger partial charge in [-0.05, 0) is 51.3 Å². The third-order valence-corrected chi connectivity index (χ3v) is 3.88. The van der Waals surface area contributed by atoms with Crippen LogP contribution in [0.4, 0.5) is 11.5 Å². The fourth-order valence-corrected chi connectivity index (χ4v) is 2.63. The molecule has 2 heterocycles. The molecule has 1 aliphatic rings. The fraction of sp³-hybridized carbons (Fsp3) is 0.692. The van der Waals surface area contributed by atoms with E-state index in [2.05, 4.69) is 34.0 Å². The average molecular weight is 284 g/mol. The first kappa shape index (κ1) is 14.3. The van der Waals surface area contributed by atoms with Crippen LogP contribution >= 0.6 is 11.6 Å². The van der Waals surface area contributed by atoms with Crippen LogP contribution in [0.25, 0.3) is 0 Å². The Bertz CT molecular complexity index is 449. The maximum Gasteiger partial charge on any atom is 0.224 e. The molecule has 3 N–H and O–H groups in total. The average Bonchev–Trinajstić information content (AvgIpc) is 2.81. The highest BCUT2D eigenvalue weighted by atomic mass is 35.5. The van der Waals surface area contributed by atoms with Crippen molar-refractivity contribution in [2.75, 3.05) is 30.7 Å². The monoisotopic (exact) mass is 283 g/mol. The molecule has 0 aliphatic carbocycles. The molecule has 6 heteroatoms. The number of nitrogens with zero attached hydrogens (tertiary/aromatic N) is 3. The first-order valence-corrected chi connectivity index (χ1v) is 7.12. The predicted octanol–water partition coefficient (Wildman–Crippen LogP) is 2.16. The molecule has 1 unspecified atom stereocenters. The number of anilines is 2. The van der Waals surface area contributed by atoms with Gasteiger partial charge in [0, 0.05) is 19.1 Å². The largest absolute Gasteiger partial charge is 0.394 e. The molecule has 5 nitrogen and oxygen atoms in total. The Labute approximate surface area is 119 Å². The maximum absolute atomic E-state index is 5.96. The third-order valence-electron chi connectivity index (χ3n) is 3.71. The lowest BCUT2D eigenvalue weighted by Gasteiger charge is -2.20. The van der Waals surface area contributed by atoms with Crippen molar-refractivity contribution in [2.45, 2.75) is 33.2 Å². The zero-order valence-corrected chi connectivity index (χ0v) is 12.5. The van der Waals surface area contributed by atoms with Crippen LogP contribution in [0.3, 0.4) is 0 Å². The van der Waals surface area contributed by atoms with Crippen molar-refractivity contribution < 1.29 is 0 Å². The van der Waals surface area contributed by atoms with Gasteiger partial charge >= 0.3 is 0 Å². The molecule has 19 heavy (non-hydrogen) atoms. The second kappa shape index (κ2) is 5.92. The molecule has 0 spiro atoms. The molecule has 106 valence electrons. The molecule has 0 aromatic carbocycles. The smallest absolute Gasteiger partial charge is 0.224 e. The number of aromatic nitrogens is 2. The van der Waals surface area contributed by atoms with Gasteiger partial charge < -0.3 is 16.0 Å². The number of aryl methyl sites for hydroxylation is 1. The molecule has 1 saturated heterocycles. The maximum atomic E-state index is 5.96. The van der Waals surface area contributed by atoms with Gasteiger partial charge in [-0.2, -0.15) is 4.98 Å². The van der Waals surface area contributed by atoms with Gasteiger partial charge in [-0.3, -0.25) is 0 Å². The van der Waals surface area contributed by atoms with Gasteiger partial charge in [0.2, 0.25) is 5.28 Å². The second-order valence-electron chi connectivity index (χ2n) is 5.46. The summed E-state index contributed by atoms with van der Waals surface area (Å²) in [5.74, 6) is 1.29. The minimum absolute atomic E-state index is 0.240. The van der Waals surface area contributed by atoms with Gasteiger partial charge in [-0.25, -0.2) is 4.98 Å². The van der Waals surface area contributed by atoms with Crippen LogP contribution in [0.5, 0.6) is 0 Å². The highest BCUT2D eigenvalue weighted by Gasteiger charge is 2.24. The van der Waals surface area contributed by atoms with Gasteiger partial charge in [0.1, 0.15) is 0 Å². The van der Waals surface area contributed by atoms with Crippen LogP contribution in [-0.2, 0) is 0 Å². The Balaban J connectivity index is 1.93. The van der Waals surface area contributed by atoms with E-state index in [4.69, 9.17) is 17.3 Å². The SMILES string of the molecule is Cc1nc(Cl)nc(NCC2CCN(C(C)C)C2)c1N. The van der Waals surface area contributed by atoms with Crippen LogP contribution in [0.1, 0.15) is 26.0 Å². The molecular weight excluding hydrogens is 262 g/mol. The number of likely N-dealkylation sites (tertiary alicyclic amines) is 1. The van der Waals surface area contributed by atoms with Crippen LogP contribution in [0.15, 0.2) is 0 Å². The lowest BCUT2D eigenvalue weighted by molar-refractivity contribution is 0.266. The summed E-state index contributed by atoms with van der Waals surface area (Å²) in [4.78, 5) is 10.7. The van der Waals surface area contributed by atoms with E-state index in [-0.39, 0.29) is 5.28 Å².